The highest BCUT2D eigenvalue weighted by atomic mass is 16.5. The maximum absolute atomic E-state index is 11.3. The highest BCUT2D eigenvalue weighted by molar-refractivity contribution is 5.88. The molecule has 1 aromatic heterocycles. The Morgan fingerprint density at radius 2 is 1.90 bits per heavy atom. The molecule has 4 N–H and O–H groups in total. The summed E-state index contributed by atoms with van der Waals surface area (Å²) in [7, 11) is 0. The molecule has 4 rings (SSSR count). The zero-order chi connectivity index (χ0) is 20.5. The van der Waals surface area contributed by atoms with Crippen LogP contribution in [0, 0.1) is 18.3 Å². The summed E-state index contributed by atoms with van der Waals surface area (Å²) in [5, 5.41) is 19.8. The van der Waals surface area contributed by atoms with E-state index in [-0.39, 0.29) is 11.8 Å². The van der Waals surface area contributed by atoms with E-state index in [0.717, 1.165) is 27.9 Å². The zero-order valence-corrected chi connectivity index (χ0v) is 16.0. The average Bonchev–Trinajstić information content (AvgIpc) is 3.11. The molecule has 0 unspecified atom stereocenters. The van der Waals surface area contributed by atoms with Gasteiger partial charge in [-0.2, -0.15) is 5.26 Å². The standard InChI is InChI=1S/C22H19N5O2/c1-12-3-5-15(6-4-12)20-19-18(14-7-9-16(10-8-14)25-13(2)28)17(11-23)21(24)29-22(19)27-26-20/h3-10,18H,24H2,1-2H3,(H,25,28)(H,26,27)/t18-/m0/s1. The van der Waals surface area contributed by atoms with Gasteiger partial charge in [-0.3, -0.25) is 9.89 Å². The number of amides is 1. The SMILES string of the molecule is CC(=O)Nc1ccc([C@H]2C(C#N)=C(N)Oc3n[nH]c(-c4ccc(C)cc4)c32)cc1. The highest BCUT2D eigenvalue weighted by Gasteiger charge is 2.35. The Kier molecular flexibility index (Phi) is 4.53. The van der Waals surface area contributed by atoms with Crippen LogP contribution in [0.4, 0.5) is 5.69 Å². The van der Waals surface area contributed by atoms with E-state index in [1.54, 1.807) is 12.1 Å². The minimum absolute atomic E-state index is 0.0397. The number of carbonyl (C=O) groups excluding carboxylic acids is 1. The molecule has 0 aliphatic carbocycles. The predicted octanol–water partition coefficient (Wildman–Crippen LogP) is 3.56. The third-order valence-electron chi connectivity index (χ3n) is 4.84. The number of aromatic amines is 1. The van der Waals surface area contributed by atoms with Gasteiger partial charge in [0.25, 0.3) is 0 Å². The lowest BCUT2D eigenvalue weighted by atomic mass is 9.83. The van der Waals surface area contributed by atoms with Gasteiger partial charge in [-0.15, -0.1) is 5.10 Å². The summed E-state index contributed by atoms with van der Waals surface area (Å²) in [5.74, 6) is -0.194. The molecule has 0 spiro atoms. The number of carbonyl (C=O) groups is 1. The third kappa shape index (κ3) is 3.32. The lowest BCUT2D eigenvalue weighted by Gasteiger charge is -2.24. The fourth-order valence-electron chi connectivity index (χ4n) is 3.48. The number of rotatable bonds is 3. The molecule has 0 saturated heterocycles. The number of ether oxygens (including phenoxy) is 1. The number of aryl methyl sites for hydroxylation is 1. The Morgan fingerprint density at radius 3 is 2.52 bits per heavy atom. The van der Waals surface area contributed by atoms with E-state index in [1.165, 1.54) is 6.92 Å². The van der Waals surface area contributed by atoms with Gasteiger partial charge in [-0.1, -0.05) is 42.0 Å². The van der Waals surface area contributed by atoms with Gasteiger partial charge in [0.05, 0.1) is 17.2 Å². The van der Waals surface area contributed by atoms with Gasteiger partial charge in [0.15, 0.2) is 0 Å². The first-order valence-electron chi connectivity index (χ1n) is 9.08. The van der Waals surface area contributed by atoms with Crippen molar-refractivity contribution in [1.29, 1.82) is 5.26 Å². The molecule has 29 heavy (non-hydrogen) atoms. The fraction of sp³-hybridized carbons (Fsp3) is 0.136. The van der Waals surface area contributed by atoms with E-state index in [9.17, 15) is 10.1 Å². The van der Waals surface area contributed by atoms with E-state index < -0.39 is 5.92 Å². The molecule has 2 heterocycles. The number of nitriles is 1. The maximum Gasteiger partial charge on any atom is 0.244 e. The summed E-state index contributed by atoms with van der Waals surface area (Å²) in [6.07, 6.45) is 0. The first-order valence-corrected chi connectivity index (χ1v) is 9.08. The zero-order valence-electron chi connectivity index (χ0n) is 16.0. The Bertz CT molecular complexity index is 1150. The molecule has 3 aromatic rings. The average molecular weight is 385 g/mol. The minimum atomic E-state index is -0.440. The van der Waals surface area contributed by atoms with E-state index in [0.29, 0.717) is 17.1 Å². The Balaban J connectivity index is 1.85. The highest BCUT2D eigenvalue weighted by Crippen LogP contribution is 2.45. The summed E-state index contributed by atoms with van der Waals surface area (Å²) in [4.78, 5) is 11.3. The number of nitrogens with two attached hydrogens (primary N) is 1. The number of anilines is 1. The third-order valence-corrected chi connectivity index (χ3v) is 4.84. The molecule has 2 aromatic carbocycles. The van der Waals surface area contributed by atoms with E-state index in [2.05, 4.69) is 21.6 Å². The van der Waals surface area contributed by atoms with Gasteiger partial charge >= 0.3 is 0 Å². The largest absolute Gasteiger partial charge is 0.420 e. The fourth-order valence-corrected chi connectivity index (χ4v) is 3.48. The van der Waals surface area contributed by atoms with E-state index >= 15 is 0 Å². The van der Waals surface area contributed by atoms with Gasteiger partial charge in [0, 0.05) is 18.2 Å². The van der Waals surface area contributed by atoms with Crippen LogP contribution < -0.4 is 15.8 Å². The van der Waals surface area contributed by atoms with Crippen LogP contribution in [0.1, 0.15) is 29.5 Å². The van der Waals surface area contributed by atoms with Crippen molar-refractivity contribution in [3.05, 3.63) is 76.7 Å². The van der Waals surface area contributed by atoms with Gasteiger partial charge in [0.1, 0.15) is 11.6 Å². The van der Waals surface area contributed by atoms with Gasteiger partial charge in [0.2, 0.25) is 17.7 Å². The molecule has 1 aliphatic rings. The number of aromatic nitrogens is 2. The number of allylic oxidation sites excluding steroid dienone is 1. The lowest BCUT2D eigenvalue weighted by molar-refractivity contribution is -0.114. The molecular weight excluding hydrogens is 366 g/mol. The summed E-state index contributed by atoms with van der Waals surface area (Å²) < 4.78 is 5.62. The second kappa shape index (κ2) is 7.17. The van der Waals surface area contributed by atoms with E-state index in [1.807, 2.05) is 43.3 Å². The van der Waals surface area contributed by atoms with Crippen LogP contribution >= 0.6 is 0 Å². The topological polar surface area (TPSA) is 117 Å². The van der Waals surface area contributed by atoms with Crippen molar-refractivity contribution in [1.82, 2.24) is 10.2 Å². The second-order valence-corrected chi connectivity index (χ2v) is 6.91. The smallest absolute Gasteiger partial charge is 0.244 e. The van der Waals surface area contributed by atoms with Crippen molar-refractivity contribution < 1.29 is 9.53 Å². The summed E-state index contributed by atoms with van der Waals surface area (Å²) in [6.45, 7) is 3.47. The lowest BCUT2D eigenvalue weighted by Crippen LogP contribution is -2.21. The molecule has 1 aliphatic heterocycles. The number of hydrogen-bond donors (Lipinski definition) is 3. The molecule has 0 fully saturated rings. The van der Waals surface area contributed by atoms with Crippen molar-refractivity contribution in [2.45, 2.75) is 19.8 Å². The maximum atomic E-state index is 11.3. The van der Waals surface area contributed by atoms with Crippen molar-refractivity contribution >= 4 is 11.6 Å². The molecule has 0 saturated carbocycles. The number of H-pyrrole nitrogens is 1. The van der Waals surface area contributed by atoms with Crippen LogP contribution in [0.3, 0.4) is 0 Å². The van der Waals surface area contributed by atoms with Gasteiger partial charge < -0.3 is 15.8 Å². The van der Waals surface area contributed by atoms with Gasteiger partial charge in [-0.25, -0.2) is 0 Å². The van der Waals surface area contributed by atoms with Crippen LogP contribution in [0.5, 0.6) is 5.88 Å². The number of fused-ring (bicyclic) bond motifs is 1. The molecule has 0 bridgehead atoms. The van der Waals surface area contributed by atoms with Crippen LogP contribution in [0.2, 0.25) is 0 Å². The van der Waals surface area contributed by atoms with Crippen molar-refractivity contribution in [3.8, 4) is 23.2 Å². The molecule has 144 valence electrons. The summed E-state index contributed by atoms with van der Waals surface area (Å²) in [6, 6.07) is 17.5. The van der Waals surface area contributed by atoms with E-state index in [4.69, 9.17) is 10.5 Å². The van der Waals surface area contributed by atoms with Crippen LogP contribution in [0.15, 0.2) is 60.0 Å². The second-order valence-electron chi connectivity index (χ2n) is 6.91. The van der Waals surface area contributed by atoms with Crippen molar-refractivity contribution in [2.24, 2.45) is 5.73 Å². The van der Waals surface area contributed by atoms with Crippen LogP contribution in [-0.4, -0.2) is 16.1 Å². The summed E-state index contributed by atoms with van der Waals surface area (Å²) >= 11 is 0. The first kappa shape index (κ1) is 18.3. The molecule has 1 atom stereocenters. The monoisotopic (exact) mass is 385 g/mol. The normalized spacial score (nSPS) is 15.3. The minimum Gasteiger partial charge on any atom is -0.420 e. The molecular formula is C22H19N5O2. The number of nitrogens with zero attached hydrogens (tertiary/aromatic N) is 2. The van der Waals surface area contributed by atoms with Crippen LogP contribution in [-0.2, 0) is 4.79 Å². The molecule has 7 nitrogen and oxygen atoms in total. The molecule has 1 amide bonds. The number of nitrogens with one attached hydrogen (secondary N) is 2. The number of benzene rings is 2. The Hall–Kier alpha value is -4.05. The predicted molar refractivity (Wildman–Crippen MR) is 109 cm³/mol. The van der Waals surface area contributed by atoms with Crippen LogP contribution in [0.25, 0.3) is 11.3 Å². The summed E-state index contributed by atoms with van der Waals surface area (Å²) in [5.41, 5.74) is 11.5. The van der Waals surface area contributed by atoms with Crippen molar-refractivity contribution in [2.75, 3.05) is 5.32 Å². The van der Waals surface area contributed by atoms with Crippen molar-refractivity contribution in [3.63, 3.8) is 0 Å². The molecule has 0 radical (unpaired) electrons. The Morgan fingerprint density at radius 1 is 1.21 bits per heavy atom. The quantitative estimate of drug-likeness (QED) is 0.637. The number of hydrogen-bond acceptors (Lipinski definition) is 5. The van der Waals surface area contributed by atoms with Gasteiger partial charge in [-0.05, 0) is 24.6 Å². The first-order chi connectivity index (χ1) is 14.0. The Labute approximate surface area is 167 Å². The molecule has 7 heteroatoms.